The van der Waals surface area contributed by atoms with Crippen LogP contribution in [0.25, 0.3) is 0 Å². The predicted molar refractivity (Wildman–Crippen MR) is 311 cm³/mol. The van der Waals surface area contributed by atoms with E-state index in [2.05, 4.69) is 62.5 Å². The Labute approximate surface area is 457 Å². The quantitative estimate of drug-likeness (QED) is 0.0195. The van der Waals surface area contributed by atoms with Crippen molar-refractivity contribution in [2.75, 3.05) is 47.5 Å². The van der Waals surface area contributed by atoms with Gasteiger partial charge in [0, 0.05) is 12.8 Å². The van der Waals surface area contributed by atoms with Crippen molar-refractivity contribution in [1.82, 2.24) is 0 Å². The number of carbonyl (C=O) groups excluding carboxylic acids is 3. The number of carboxylic acids is 1. The van der Waals surface area contributed by atoms with Crippen LogP contribution in [0.1, 0.15) is 290 Å². The fraction of sp³-hybridized carbons (Fsp3) is 0.831. The van der Waals surface area contributed by atoms with Gasteiger partial charge in [0.1, 0.15) is 13.2 Å². The molecule has 0 fully saturated rings. The van der Waals surface area contributed by atoms with E-state index in [9.17, 15) is 19.5 Å². The maximum absolute atomic E-state index is 12.9. The lowest BCUT2D eigenvalue weighted by Crippen LogP contribution is -2.44. The number of likely N-dealkylation sites (N-methyl/N-ethyl adjacent to an activating group) is 1. The number of hydrogen-bond acceptors (Lipinski definition) is 8. The zero-order chi connectivity index (χ0) is 54.1. The molecule has 0 radical (unpaired) electrons. The Morgan fingerprint density at radius 1 is 0.419 bits per heavy atom. The van der Waals surface area contributed by atoms with Gasteiger partial charge in [0.2, 0.25) is 0 Å². The van der Waals surface area contributed by atoms with Crippen molar-refractivity contribution >= 4 is 17.9 Å². The van der Waals surface area contributed by atoms with Crippen LogP contribution in [-0.2, 0) is 33.3 Å². The molecule has 0 N–H and O–H groups in total. The normalized spacial score (nSPS) is 13.0. The maximum atomic E-state index is 12.9. The molecule has 0 aromatic carbocycles. The number of nitrogens with zero attached hydrogens (tertiary/aromatic N) is 1. The molecule has 0 saturated carbocycles. The summed E-state index contributed by atoms with van der Waals surface area (Å²) in [5, 5.41) is 11.8. The SMILES string of the molecule is CC/C=C\C/C=C\C/C=C\C/C=C\CCCCCCCCCCCCCCCCCCCCC(=O)OC(COC(=O)CCCCCCCCCCCCCCCCCCCC)COC(OCC[N+](C)(C)C)C(=O)[O-]. The highest BCUT2D eigenvalue weighted by Crippen LogP contribution is 2.18. The molecule has 0 aliphatic rings. The first-order valence-corrected chi connectivity index (χ1v) is 31.3. The standard InChI is InChI=1S/C65H119NO8/c1-6-8-10-12-14-16-18-20-22-24-26-27-28-29-30-31-32-33-34-35-36-37-38-40-42-44-46-48-50-52-54-56-63(68)74-61(60-73-65(64(69)70)71-58-57-66(3,4)5)59-72-62(67)55-53-51-49-47-45-43-41-39-25-23-21-19-17-15-13-11-9-7-2/h8,10,14,16,20,22,26-27,61,65H,6-7,9,11-13,15,17-19,21,23-25,28-60H2,1-5H3/b10-8-,16-14-,22-20-,27-26-. The molecule has 432 valence electrons. The van der Waals surface area contributed by atoms with E-state index in [-0.39, 0.29) is 32.2 Å². The van der Waals surface area contributed by atoms with Gasteiger partial charge >= 0.3 is 11.9 Å². The number of carbonyl (C=O) groups is 3. The van der Waals surface area contributed by atoms with E-state index in [1.165, 1.54) is 199 Å². The van der Waals surface area contributed by atoms with Crippen LogP contribution in [0.5, 0.6) is 0 Å². The molecule has 0 aliphatic heterocycles. The average molecular weight is 1040 g/mol. The number of ether oxygens (including phenoxy) is 4. The lowest BCUT2D eigenvalue weighted by atomic mass is 10.0. The largest absolute Gasteiger partial charge is 0.545 e. The molecule has 0 spiro atoms. The Morgan fingerprint density at radius 2 is 0.770 bits per heavy atom. The minimum Gasteiger partial charge on any atom is -0.545 e. The molecule has 0 bridgehead atoms. The lowest BCUT2D eigenvalue weighted by Gasteiger charge is -2.26. The molecule has 0 aromatic rings. The third-order valence-electron chi connectivity index (χ3n) is 13.8. The number of hydrogen-bond donors (Lipinski definition) is 0. The van der Waals surface area contributed by atoms with E-state index < -0.39 is 24.3 Å². The fourth-order valence-electron chi connectivity index (χ4n) is 9.06. The van der Waals surface area contributed by atoms with Gasteiger partial charge in [-0.05, 0) is 51.4 Å². The van der Waals surface area contributed by atoms with Gasteiger partial charge in [0.15, 0.2) is 12.4 Å². The summed E-state index contributed by atoms with van der Waals surface area (Å²) >= 11 is 0. The van der Waals surface area contributed by atoms with Crippen LogP contribution in [-0.4, -0.2) is 82.3 Å². The van der Waals surface area contributed by atoms with Crippen LogP contribution in [0.2, 0.25) is 0 Å². The number of carboxylic acid groups (broad SMARTS) is 1. The first-order chi connectivity index (χ1) is 36.1. The van der Waals surface area contributed by atoms with Crippen LogP contribution in [0.3, 0.4) is 0 Å². The highest BCUT2D eigenvalue weighted by Gasteiger charge is 2.22. The van der Waals surface area contributed by atoms with Gasteiger partial charge < -0.3 is 33.3 Å². The second-order valence-electron chi connectivity index (χ2n) is 22.3. The van der Waals surface area contributed by atoms with E-state index in [0.717, 1.165) is 57.8 Å². The Kier molecular flexibility index (Phi) is 54.4. The van der Waals surface area contributed by atoms with E-state index in [4.69, 9.17) is 18.9 Å². The predicted octanol–water partition coefficient (Wildman–Crippen LogP) is 17.3. The maximum Gasteiger partial charge on any atom is 0.306 e. The average Bonchev–Trinajstić information content (AvgIpc) is 3.37. The molecule has 74 heavy (non-hydrogen) atoms. The fourth-order valence-corrected chi connectivity index (χ4v) is 9.06. The summed E-state index contributed by atoms with van der Waals surface area (Å²) in [6.07, 6.45) is 67.4. The Bertz CT molecular complexity index is 1350. The molecule has 0 heterocycles. The van der Waals surface area contributed by atoms with E-state index in [1.54, 1.807) is 0 Å². The molecule has 0 aromatic heterocycles. The molecule has 2 atom stereocenters. The summed E-state index contributed by atoms with van der Waals surface area (Å²) in [6, 6.07) is 0. The number of unbranched alkanes of at least 4 members (excludes halogenated alkanes) is 35. The third kappa shape index (κ3) is 57.0. The van der Waals surface area contributed by atoms with Crippen LogP contribution < -0.4 is 5.11 Å². The molecule has 2 unspecified atom stereocenters. The van der Waals surface area contributed by atoms with Gasteiger partial charge in [-0.1, -0.05) is 274 Å². The molecule has 9 heteroatoms. The second kappa shape index (κ2) is 56.5. The number of esters is 2. The van der Waals surface area contributed by atoms with Gasteiger partial charge in [-0.2, -0.15) is 0 Å². The first kappa shape index (κ1) is 71.2. The van der Waals surface area contributed by atoms with Crippen molar-refractivity contribution < 1.29 is 42.9 Å². The molecule has 0 amide bonds. The van der Waals surface area contributed by atoms with Gasteiger partial charge in [0.05, 0.1) is 40.3 Å². The molecular formula is C65H119NO8. The van der Waals surface area contributed by atoms with E-state index >= 15 is 0 Å². The van der Waals surface area contributed by atoms with Crippen molar-refractivity contribution in [3.63, 3.8) is 0 Å². The smallest absolute Gasteiger partial charge is 0.306 e. The summed E-state index contributed by atoms with van der Waals surface area (Å²) in [5.41, 5.74) is 0. The monoisotopic (exact) mass is 1040 g/mol. The van der Waals surface area contributed by atoms with Gasteiger partial charge in [-0.3, -0.25) is 9.59 Å². The van der Waals surface area contributed by atoms with Crippen molar-refractivity contribution in [1.29, 1.82) is 0 Å². The Balaban J connectivity index is 4.11. The third-order valence-corrected chi connectivity index (χ3v) is 13.8. The molecule has 0 saturated heterocycles. The van der Waals surface area contributed by atoms with Crippen LogP contribution in [0.4, 0.5) is 0 Å². The summed E-state index contributed by atoms with van der Waals surface area (Å²) in [6.45, 7) is 4.68. The van der Waals surface area contributed by atoms with Crippen molar-refractivity contribution in [2.45, 2.75) is 302 Å². The van der Waals surface area contributed by atoms with Gasteiger partial charge in [-0.25, -0.2) is 0 Å². The number of rotatable bonds is 58. The molecular weight excluding hydrogens is 923 g/mol. The van der Waals surface area contributed by atoms with Gasteiger partial charge in [0.25, 0.3) is 0 Å². The lowest BCUT2D eigenvalue weighted by molar-refractivity contribution is -0.870. The van der Waals surface area contributed by atoms with Gasteiger partial charge in [-0.15, -0.1) is 0 Å². The first-order valence-electron chi connectivity index (χ1n) is 31.3. The van der Waals surface area contributed by atoms with Crippen molar-refractivity contribution in [2.24, 2.45) is 0 Å². The van der Waals surface area contributed by atoms with Crippen LogP contribution >= 0.6 is 0 Å². The van der Waals surface area contributed by atoms with Crippen molar-refractivity contribution in [3.05, 3.63) is 48.6 Å². The Hall–Kier alpha value is -2.75. The summed E-state index contributed by atoms with van der Waals surface area (Å²) in [4.78, 5) is 37.3. The summed E-state index contributed by atoms with van der Waals surface area (Å²) in [5.74, 6) is -2.26. The van der Waals surface area contributed by atoms with Crippen LogP contribution in [0.15, 0.2) is 48.6 Å². The topological polar surface area (TPSA) is 111 Å². The number of aliphatic carboxylic acids is 1. The van der Waals surface area contributed by atoms with E-state index in [1.807, 2.05) is 21.1 Å². The zero-order valence-electron chi connectivity index (χ0n) is 49.2. The molecule has 0 rings (SSSR count). The second-order valence-corrected chi connectivity index (χ2v) is 22.3. The highest BCUT2D eigenvalue weighted by atomic mass is 16.7. The molecule has 0 aliphatic carbocycles. The number of quaternary nitrogens is 1. The number of allylic oxidation sites excluding steroid dienone is 8. The Morgan fingerprint density at radius 3 is 1.15 bits per heavy atom. The summed E-state index contributed by atoms with van der Waals surface area (Å²) < 4.78 is 22.8. The van der Waals surface area contributed by atoms with E-state index in [0.29, 0.717) is 23.9 Å². The van der Waals surface area contributed by atoms with Crippen molar-refractivity contribution in [3.8, 4) is 0 Å². The zero-order valence-corrected chi connectivity index (χ0v) is 49.2. The van der Waals surface area contributed by atoms with Crippen LogP contribution in [0, 0.1) is 0 Å². The highest BCUT2D eigenvalue weighted by molar-refractivity contribution is 5.70. The minimum absolute atomic E-state index is 0.150. The minimum atomic E-state index is -1.62. The molecule has 9 nitrogen and oxygen atoms in total. The summed E-state index contributed by atoms with van der Waals surface area (Å²) in [7, 11) is 5.93.